The number of nitrogen functional groups attached to an aromatic ring is 2. The van der Waals surface area contributed by atoms with Gasteiger partial charge in [-0.05, 0) is 86.6 Å². The Balaban J connectivity index is 0.000000151. The largest absolute Gasteiger partial charge is 0.494 e. The molecule has 0 saturated heterocycles. The summed E-state index contributed by atoms with van der Waals surface area (Å²) in [6.07, 6.45) is 1.61. The van der Waals surface area contributed by atoms with Crippen LogP contribution in [0.4, 0.5) is 29.2 Å². The fraction of sp³-hybridized carbons (Fsp3) is 0.107. The van der Waals surface area contributed by atoms with Crippen LogP contribution in [0.2, 0.25) is 10.0 Å². The molecule has 0 aliphatic rings. The molecule has 6 aromatic heterocycles. The number of hydrogen-bond donors (Lipinski definition) is 4. The number of fused-ring (bicyclic) bond motifs is 4. The molecule has 0 spiro atoms. The van der Waals surface area contributed by atoms with E-state index in [2.05, 4.69) is 40.2 Å². The van der Waals surface area contributed by atoms with E-state index in [9.17, 15) is 27.9 Å². The molecular weight excluding hydrogens is 1100 g/mol. The van der Waals surface area contributed by atoms with Crippen molar-refractivity contribution in [3.05, 3.63) is 200 Å². The summed E-state index contributed by atoms with van der Waals surface area (Å²) < 4.78 is 71.7. The van der Waals surface area contributed by atoms with Crippen LogP contribution in [0.3, 0.4) is 0 Å². The first-order chi connectivity index (χ1) is 39.0. The molecule has 0 saturated carbocycles. The number of halogens is 6. The maximum Gasteiger partial charge on any atom is 0.267 e. The van der Waals surface area contributed by atoms with E-state index >= 15 is 4.39 Å². The number of aliphatic hydroxyl groups is 1. The van der Waals surface area contributed by atoms with Crippen LogP contribution in [0.25, 0.3) is 77.8 Å². The number of nitrogens with zero attached hydrogens (tertiary/aromatic N) is 11. The van der Waals surface area contributed by atoms with Crippen molar-refractivity contribution < 1.29 is 32.1 Å². The van der Waals surface area contributed by atoms with Gasteiger partial charge in [-0.2, -0.15) is 19.0 Å². The molecule has 12 rings (SSSR count). The predicted octanol–water partition coefficient (Wildman–Crippen LogP) is 10.3. The first-order valence-corrected chi connectivity index (χ1v) is 25.0. The Morgan fingerprint density at radius 1 is 0.580 bits per heavy atom. The third kappa shape index (κ3) is 9.93. The lowest BCUT2D eigenvalue weighted by molar-refractivity contribution is 0.186. The van der Waals surface area contributed by atoms with Crippen molar-refractivity contribution in [2.45, 2.75) is 26.0 Å². The number of nitrogens with two attached hydrogens (primary N) is 2. The van der Waals surface area contributed by atoms with Gasteiger partial charge in [-0.1, -0.05) is 71.7 Å². The number of rotatable bonds is 9. The van der Waals surface area contributed by atoms with Gasteiger partial charge in [0.25, 0.3) is 11.1 Å². The lowest BCUT2D eigenvalue weighted by atomic mass is 10.1. The van der Waals surface area contributed by atoms with Crippen molar-refractivity contribution in [1.82, 2.24) is 59.0 Å². The van der Waals surface area contributed by atoms with E-state index in [1.807, 2.05) is 24.3 Å². The van der Waals surface area contributed by atoms with E-state index in [0.29, 0.717) is 49.9 Å². The summed E-state index contributed by atoms with van der Waals surface area (Å²) in [4.78, 5) is 52.0. The Labute approximate surface area is 464 Å². The number of aromatic amines is 1. The van der Waals surface area contributed by atoms with E-state index in [4.69, 9.17) is 49.1 Å². The molecule has 81 heavy (non-hydrogen) atoms. The second-order valence-electron chi connectivity index (χ2n) is 17.7. The summed E-state index contributed by atoms with van der Waals surface area (Å²) in [6, 6.07) is 32.7. The maximum atomic E-state index is 15.2. The van der Waals surface area contributed by atoms with Crippen LogP contribution in [0, 0.1) is 23.3 Å². The zero-order valence-electron chi connectivity index (χ0n) is 42.8. The maximum absolute atomic E-state index is 15.2. The summed E-state index contributed by atoms with van der Waals surface area (Å²) in [6.45, 7) is 3.34. The minimum atomic E-state index is -1.17. The highest BCUT2D eigenvalue weighted by atomic mass is 35.5. The topological polar surface area (TPSA) is 259 Å². The van der Waals surface area contributed by atoms with E-state index in [-0.39, 0.29) is 83.9 Å². The molecule has 0 radical (unpaired) electrons. The van der Waals surface area contributed by atoms with Crippen LogP contribution >= 0.6 is 23.2 Å². The third-order valence-electron chi connectivity index (χ3n) is 12.8. The minimum Gasteiger partial charge on any atom is -0.494 e. The van der Waals surface area contributed by atoms with Crippen molar-refractivity contribution in [2.75, 3.05) is 25.7 Å². The Morgan fingerprint density at radius 3 is 1.62 bits per heavy atom. The van der Waals surface area contributed by atoms with E-state index in [1.165, 1.54) is 65.0 Å². The van der Waals surface area contributed by atoms with Gasteiger partial charge in [0.1, 0.15) is 53.8 Å². The van der Waals surface area contributed by atoms with Crippen molar-refractivity contribution in [3.8, 4) is 45.4 Å². The van der Waals surface area contributed by atoms with E-state index < -0.39 is 35.4 Å². The van der Waals surface area contributed by atoms with Crippen LogP contribution in [-0.4, -0.2) is 78.3 Å². The second-order valence-corrected chi connectivity index (χ2v) is 18.5. The number of hydrogen-bond acceptors (Lipinski definition) is 15. The zero-order valence-corrected chi connectivity index (χ0v) is 44.3. The molecule has 12 aromatic rings. The molecule has 0 amide bonds. The summed E-state index contributed by atoms with van der Waals surface area (Å²) >= 11 is 12.5. The molecule has 6 N–H and O–H groups in total. The lowest BCUT2D eigenvalue weighted by Gasteiger charge is -2.19. The number of para-hydroxylation sites is 2. The third-order valence-corrected chi connectivity index (χ3v) is 13.5. The Bertz CT molecular complexity index is 4510. The summed E-state index contributed by atoms with van der Waals surface area (Å²) in [5, 5.41) is 22.9. The first-order valence-electron chi connectivity index (χ1n) is 24.2. The van der Waals surface area contributed by atoms with E-state index in [1.54, 1.807) is 86.6 Å². The average Bonchev–Trinajstić information content (AvgIpc) is 4.11. The molecule has 0 fully saturated rings. The van der Waals surface area contributed by atoms with Crippen molar-refractivity contribution in [2.24, 2.45) is 0 Å². The fourth-order valence-electron chi connectivity index (χ4n) is 9.02. The standard InChI is InChI=1S/C28H20ClF2N7O2.C16H13ClN2O2.C12H9F2N5O/c1-14(26-35-18-10-6-9-17(29)20(18)28(39)37(26)15-7-4-3-5-8-15)38-27-21(25(32)33-13-34-27)24(36-38)16-11-12-19(40-2)23(31)22(16)30;1-10(20)15-18-13-9-5-8-12(17)14(13)16(21)19(15)11-6-3-2-4-7-11;1-20-6-3-2-5(8(13)9(6)14)10-7-11(15)16-4-17-12(7)19-18-10/h3-14H,1-2H3,(H2,32,33,34);2-10,20H,1H3;2-4H,1H3,(H3,15,16,17,18,19)/t14-;10-;/m10./s1. The van der Waals surface area contributed by atoms with Crippen LogP contribution < -0.4 is 32.1 Å². The molecular formula is C56H42Cl2F4N14O5. The smallest absolute Gasteiger partial charge is 0.267 e. The number of anilines is 2. The monoisotopic (exact) mass is 1140 g/mol. The number of ether oxygens (including phenoxy) is 2. The van der Waals surface area contributed by atoms with Crippen molar-refractivity contribution >= 4 is 78.7 Å². The molecule has 2 atom stereocenters. The van der Waals surface area contributed by atoms with Crippen LogP contribution in [-0.2, 0) is 0 Å². The van der Waals surface area contributed by atoms with Gasteiger partial charge in [0.2, 0.25) is 11.6 Å². The van der Waals surface area contributed by atoms with Crippen molar-refractivity contribution in [3.63, 3.8) is 0 Å². The van der Waals surface area contributed by atoms with E-state index in [0.717, 1.165) is 0 Å². The van der Waals surface area contributed by atoms with Gasteiger partial charge in [0, 0.05) is 11.1 Å². The highest BCUT2D eigenvalue weighted by Crippen LogP contribution is 2.38. The van der Waals surface area contributed by atoms with Gasteiger partial charge in [-0.15, -0.1) is 0 Å². The number of methoxy groups -OCH3 is 2. The van der Waals surface area contributed by atoms with Crippen LogP contribution in [0.1, 0.15) is 37.6 Å². The Kier molecular flexibility index (Phi) is 15.1. The van der Waals surface area contributed by atoms with Crippen molar-refractivity contribution in [1.29, 1.82) is 0 Å². The number of aromatic nitrogens is 12. The summed E-state index contributed by atoms with van der Waals surface area (Å²) in [7, 11) is 2.50. The van der Waals surface area contributed by atoms with Gasteiger partial charge in [-0.3, -0.25) is 23.8 Å². The van der Waals surface area contributed by atoms with Gasteiger partial charge >= 0.3 is 0 Å². The molecule has 25 heteroatoms. The molecule has 0 bridgehead atoms. The van der Waals surface area contributed by atoms with Gasteiger partial charge in [0.15, 0.2) is 34.4 Å². The number of benzene rings is 6. The number of H-pyrrole nitrogens is 1. The fourth-order valence-corrected chi connectivity index (χ4v) is 9.52. The summed E-state index contributed by atoms with van der Waals surface area (Å²) in [5.41, 5.74) is 13.9. The average molecular weight is 1140 g/mol. The van der Waals surface area contributed by atoms with Gasteiger partial charge in [0.05, 0.1) is 73.9 Å². The highest BCUT2D eigenvalue weighted by Gasteiger charge is 2.29. The molecule has 408 valence electrons. The van der Waals surface area contributed by atoms with Crippen LogP contribution in [0.5, 0.6) is 11.5 Å². The Morgan fingerprint density at radius 2 is 1.07 bits per heavy atom. The SMILES string of the molecule is COc1ccc(-c2[nH]nc3ncnc(N)c23)c(F)c1F.COc1ccc(-c2nn([C@H](C)c3nc4cccc(Cl)c4c(=O)n3-c3ccccc3)c3ncnc(N)c23)c(F)c1F.C[C@H](O)c1nc2cccc(Cl)c2c(=O)n1-c1ccccc1. The molecule has 0 aliphatic carbocycles. The highest BCUT2D eigenvalue weighted by molar-refractivity contribution is 6.35. The molecule has 6 aromatic carbocycles. The molecule has 19 nitrogen and oxygen atoms in total. The minimum absolute atomic E-state index is 0.0210. The Hall–Kier alpha value is -9.84. The summed E-state index contributed by atoms with van der Waals surface area (Å²) in [5.74, 6) is -4.16. The lowest BCUT2D eigenvalue weighted by Crippen LogP contribution is -2.27. The number of aliphatic hydroxyl groups excluding tert-OH is 1. The predicted molar refractivity (Wildman–Crippen MR) is 299 cm³/mol. The quantitative estimate of drug-likeness (QED) is 0.0980. The van der Waals surface area contributed by atoms with Gasteiger partial charge < -0.3 is 26.0 Å². The normalized spacial score (nSPS) is 12.0. The molecule has 0 aliphatic heterocycles. The number of nitrogens with one attached hydrogen (secondary N) is 1. The first kappa shape index (κ1) is 54.5. The van der Waals surface area contributed by atoms with Gasteiger partial charge in [-0.25, -0.2) is 43.4 Å². The second kappa shape index (κ2) is 22.5. The molecule has 0 unspecified atom stereocenters. The molecule has 6 heterocycles. The zero-order chi connectivity index (χ0) is 57.4. The van der Waals surface area contributed by atoms with Crippen LogP contribution in [0.15, 0.2) is 144 Å².